The number of hydrogen-bond acceptors (Lipinski definition) is 4. The Bertz CT molecular complexity index is 658. The van der Waals surface area contributed by atoms with Crippen LogP contribution < -0.4 is 11.2 Å². The molecular weight excluding hydrogens is 264 g/mol. The Hall–Kier alpha value is -1.50. The van der Waals surface area contributed by atoms with Crippen molar-refractivity contribution in [3.05, 3.63) is 31.5 Å². The van der Waals surface area contributed by atoms with Crippen molar-refractivity contribution in [1.82, 2.24) is 19.3 Å². The average Bonchev–Trinajstić information content (AvgIpc) is 2.23. The predicted octanol–water partition coefficient (Wildman–Crippen LogP) is -0.210. The minimum absolute atomic E-state index is 0.275. The van der Waals surface area contributed by atoms with Crippen molar-refractivity contribution in [2.24, 2.45) is 14.1 Å². The van der Waals surface area contributed by atoms with Gasteiger partial charge in [0.1, 0.15) is 5.39 Å². The Labute approximate surface area is 92.3 Å². The molecule has 0 spiro atoms. The second-order valence-corrected chi connectivity index (χ2v) is 3.95. The third-order valence-corrected chi connectivity index (χ3v) is 2.80. The molecular formula is C8H7BrN4O2. The predicted molar refractivity (Wildman–Crippen MR) is 57.7 cm³/mol. The van der Waals surface area contributed by atoms with Gasteiger partial charge in [0.25, 0.3) is 5.56 Å². The molecule has 2 aromatic rings. The molecule has 6 nitrogen and oxygen atoms in total. The van der Waals surface area contributed by atoms with Gasteiger partial charge in [0.2, 0.25) is 0 Å². The highest BCUT2D eigenvalue weighted by Crippen LogP contribution is 2.14. The Morgan fingerprint density at radius 1 is 1.27 bits per heavy atom. The number of rotatable bonds is 0. The number of fused-ring (bicyclic) bond motifs is 1. The number of halogens is 1. The maximum atomic E-state index is 11.8. The first-order chi connectivity index (χ1) is 7.04. The van der Waals surface area contributed by atoms with Gasteiger partial charge in [0.05, 0.1) is 10.7 Å². The van der Waals surface area contributed by atoms with Gasteiger partial charge in [-0.1, -0.05) is 0 Å². The fraction of sp³-hybridized carbons (Fsp3) is 0.250. The quantitative estimate of drug-likeness (QED) is 0.664. The molecule has 0 aliphatic heterocycles. The van der Waals surface area contributed by atoms with Crippen molar-refractivity contribution in [3.8, 4) is 0 Å². The van der Waals surface area contributed by atoms with E-state index in [2.05, 4.69) is 26.1 Å². The zero-order valence-corrected chi connectivity index (χ0v) is 9.65. The van der Waals surface area contributed by atoms with Gasteiger partial charge < -0.3 is 0 Å². The summed E-state index contributed by atoms with van der Waals surface area (Å²) in [6.07, 6.45) is 1.42. The zero-order valence-electron chi connectivity index (χ0n) is 8.06. The molecule has 0 bridgehead atoms. The van der Waals surface area contributed by atoms with Crippen LogP contribution in [-0.2, 0) is 14.1 Å². The molecule has 0 aliphatic rings. The maximum absolute atomic E-state index is 11.8. The van der Waals surface area contributed by atoms with Crippen LogP contribution in [0.4, 0.5) is 0 Å². The highest BCUT2D eigenvalue weighted by Gasteiger charge is 2.12. The van der Waals surface area contributed by atoms with Crippen molar-refractivity contribution >= 4 is 27.0 Å². The van der Waals surface area contributed by atoms with E-state index in [0.29, 0.717) is 9.86 Å². The number of hydrogen-bond donors (Lipinski definition) is 0. The molecule has 7 heteroatoms. The van der Waals surface area contributed by atoms with E-state index < -0.39 is 5.69 Å². The standard InChI is InChI=1S/C8H7BrN4O2/c1-12-6-5(4(9)3-10-11-6)7(14)13(2)8(12)15/h3H,1-2H3. The van der Waals surface area contributed by atoms with Gasteiger partial charge in [-0.3, -0.25) is 13.9 Å². The van der Waals surface area contributed by atoms with Crippen LogP contribution in [0, 0.1) is 0 Å². The van der Waals surface area contributed by atoms with Crippen LogP contribution in [0.5, 0.6) is 0 Å². The summed E-state index contributed by atoms with van der Waals surface area (Å²) in [6, 6.07) is 0. The minimum Gasteiger partial charge on any atom is -0.279 e. The summed E-state index contributed by atoms with van der Waals surface area (Å²) in [5.74, 6) is 0. The molecule has 2 aromatic heterocycles. The lowest BCUT2D eigenvalue weighted by Crippen LogP contribution is -2.37. The molecule has 78 valence electrons. The van der Waals surface area contributed by atoms with Crippen molar-refractivity contribution in [2.75, 3.05) is 0 Å². The van der Waals surface area contributed by atoms with Crippen LogP contribution >= 0.6 is 15.9 Å². The molecule has 0 aliphatic carbocycles. The van der Waals surface area contributed by atoms with Crippen LogP contribution in [0.15, 0.2) is 20.3 Å². The second kappa shape index (κ2) is 3.27. The third kappa shape index (κ3) is 1.30. The highest BCUT2D eigenvalue weighted by molar-refractivity contribution is 9.10. The van der Waals surface area contributed by atoms with Crippen molar-refractivity contribution in [1.29, 1.82) is 0 Å². The van der Waals surface area contributed by atoms with Crippen LogP contribution in [-0.4, -0.2) is 19.3 Å². The van der Waals surface area contributed by atoms with Gasteiger partial charge in [-0.15, -0.1) is 5.10 Å². The molecule has 2 rings (SSSR count). The summed E-state index contributed by atoms with van der Waals surface area (Å²) < 4.78 is 2.85. The molecule has 0 radical (unpaired) electrons. The van der Waals surface area contributed by atoms with Gasteiger partial charge in [0.15, 0.2) is 5.65 Å². The first-order valence-electron chi connectivity index (χ1n) is 4.11. The average molecular weight is 271 g/mol. The Kier molecular flexibility index (Phi) is 2.18. The van der Waals surface area contributed by atoms with E-state index >= 15 is 0 Å². The normalized spacial score (nSPS) is 10.9. The first kappa shape index (κ1) is 10.0. The van der Waals surface area contributed by atoms with Crippen molar-refractivity contribution in [3.63, 3.8) is 0 Å². The summed E-state index contributed by atoms with van der Waals surface area (Å²) in [5.41, 5.74) is -0.521. The Balaban J connectivity index is 3.23. The summed E-state index contributed by atoms with van der Waals surface area (Å²) in [5, 5.41) is 7.81. The van der Waals surface area contributed by atoms with Gasteiger partial charge >= 0.3 is 5.69 Å². The number of nitrogens with zero attached hydrogens (tertiary/aromatic N) is 4. The topological polar surface area (TPSA) is 69.8 Å². The molecule has 0 saturated carbocycles. The third-order valence-electron chi connectivity index (χ3n) is 2.20. The second-order valence-electron chi connectivity index (χ2n) is 3.10. The van der Waals surface area contributed by atoms with E-state index in [9.17, 15) is 9.59 Å². The largest absolute Gasteiger partial charge is 0.332 e. The summed E-state index contributed by atoms with van der Waals surface area (Å²) >= 11 is 3.21. The van der Waals surface area contributed by atoms with Gasteiger partial charge in [-0.25, -0.2) is 4.79 Å². The molecule has 0 unspecified atom stereocenters. The fourth-order valence-corrected chi connectivity index (χ4v) is 1.80. The summed E-state index contributed by atoms with van der Waals surface area (Å²) in [7, 11) is 2.97. The fourth-order valence-electron chi connectivity index (χ4n) is 1.36. The van der Waals surface area contributed by atoms with E-state index in [-0.39, 0.29) is 11.2 Å². The van der Waals surface area contributed by atoms with E-state index in [4.69, 9.17) is 0 Å². The highest BCUT2D eigenvalue weighted by atomic mass is 79.9. The molecule has 0 saturated heterocycles. The SMILES string of the molecule is Cn1c(=O)c2c(Br)cnnc2n(C)c1=O. The number of aromatic nitrogens is 4. The first-order valence-corrected chi connectivity index (χ1v) is 4.90. The van der Waals surface area contributed by atoms with E-state index in [1.165, 1.54) is 17.8 Å². The van der Waals surface area contributed by atoms with E-state index in [1.54, 1.807) is 7.05 Å². The van der Waals surface area contributed by atoms with Crippen molar-refractivity contribution in [2.45, 2.75) is 0 Å². The van der Waals surface area contributed by atoms with Crippen molar-refractivity contribution < 1.29 is 0 Å². The van der Waals surface area contributed by atoms with E-state index in [1.807, 2.05) is 0 Å². The Morgan fingerprint density at radius 2 is 1.93 bits per heavy atom. The van der Waals surface area contributed by atoms with Gasteiger partial charge in [-0.2, -0.15) is 5.10 Å². The molecule has 2 heterocycles. The molecule has 0 aromatic carbocycles. The number of aryl methyl sites for hydroxylation is 1. The van der Waals surface area contributed by atoms with E-state index in [0.717, 1.165) is 4.57 Å². The molecule has 0 fully saturated rings. The van der Waals surface area contributed by atoms with Gasteiger partial charge in [-0.05, 0) is 15.9 Å². The molecule has 0 atom stereocenters. The summed E-state index contributed by atoms with van der Waals surface area (Å²) in [4.78, 5) is 23.3. The van der Waals surface area contributed by atoms with Crippen LogP contribution in [0.1, 0.15) is 0 Å². The maximum Gasteiger partial charge on any atom is 0.332 e. The van der Waals surface area contributed by atoms with Gasteiger partial charge in [0, 0.05) is 14.1 Å². The Morgan fingerprint density at radius 3 is 2.60 bits per heavy atom. The lowest BCUT2D eigenvalue weighted by molar-refractivity contribution is 0.702. The van der Waals surface area contributed by atoms with Crippen LogP contribution in [0.3, 0.4) is 0 Å². The molecule has 0 amide bonds. The summed E-state index contributed by atoms with van der Waals surface area (Å²) in [6.45, 7) is 0. The lowest BCUT2D eigenvalue weighted by Gasteiger charge is -2.05. The smallest absolute Gasteiger partial charge is 0.279 e. The zero-order chi connectivity index (χ0) is 11.2. The minimum atomic E-state index is -0.417. The van der Waals surface area contributed by atoms with Crippen LogP contribution in [0.2, 0.25) is 0 Å². The monoisotopic (exact) mass is 270 g/mol. The van der Waals surface area contributed by atoms with Crippen LogP contribution in [0.25, 0.3) is 11.0 Å². The molecule has 15 heavy (non-hydrogen) atoms. The lowest BCUT2D eigenvalue weighted by atomic mass is 10.3. The molecule has 0 N–H and O–H groups in total.